The Hall–Kier alpha value is -0.610. The molecule has 0 aromatic heterocycles. The van der Waals surface area contributed by atoms with Gasteiger partial charge in [-0.2, -0.15) is 0 Å². The smallest absolute Gasteiger partial charge is 0.328 e. The van der Waals surface area contributed by atoms with Crippen molar-refractivity contribution in [3.63, 3.8) is 0 Å². The minimum Gasteiger partial charge on any atom is -0.468 e. The van der Waals surface area contributed by atoms with E-state index in [2.05, 4.69) is 33.0 Å². The Morgan fingerprint density at radius 3 is 2.28 bits per heavy atom. The highest BCUT2D eigenvalue weighted by Gasteiger charge is 2.34. The summed E-state index contributed by atoms with van der Waals surface area (Å²) < 4.78 is 10.5. The van der Waals surface area contributed by atoms with E-state index in [9.17, 15) is 4.79 Å². The van der Waals surface area contributed by atoms with Gasteiger partial charge in [0.1, 0.15) is 5.54 Å². The van der Waals surface area contributed by atoms with Gasteiger partial charge in [-0.15, -0.1) is 0 Å². The summed E-state index contributed by atoms with van der Waals surface area (Å²) >= 11 is 0. The third-order valence-corrected chi connectivity index (χ3v) is 2.79. The molecule has 108 valence electrons. The molecule has 0 amide bonds. The second-order valence-electron chi connectivity index (χ2n) is 6.11. The Morgan fingerprint density at radius 2 is 1.83 bits per heavy atom. The molecule has 0 radical (unpaired) electrons. The summed E-state index contributed by atoms with van der Waals surface area (Å²) in [4.78, 5) is 11.8. The van der Waals surface area contributed by atoms with Crippen LogP contribution in [0.5, 0.6) is 0 Å². The average molecular weight is 259 g/mol. The molecule has 0 bridgehead atoms. The number of hydrogen-bond acceptors (Lipinski definition) is 4. The molecule has 0 aromatic rings. The molecule has 0 fully saturated rings. The third kappa shape index (κ3) is 6.97. The van der Waals surface area contributed by atoms with Crippen molar-refractivity contribution in [2.24, 2.45) is 5.41 Å². The number of methoxy groups -OCH3 is 1. The van der Waals surface area contributed by atoms with Gasteiger partial charge < -0.3 is 14.8 Å². The Kier molecular flexibility index (Phi) is 7.48. The van der Waals surface area contributed by atoms with Gasteiger partial charge in [-0.1, -0.05) is 27.7 Å². The van der Waals surface area contributed by atoms with E-state index in [1.165, 1.54) is 7.11 Å². The van der Waals surface area contributed by atoms with Crippen LogP contribution in [0.1, 0.15) is 47.5 Å². The van der Waals surface area contributed by atoms with Crippen molar-refractivity contribution >= 4 is 5.97 Å². The van der Waals surface area contributed by atoms with Crippen LogP contribution in [0, 0.1) is 5.41 Å². The zero-order chi connectivity index (χ0) is 14.2. The molecule has 1 N–H and O–H groups in total. The highest BCUT2D eigenvalue weighted by molar-refractivity contribution is 5.80. The molecule has 1 atom stereocenters. The molecule has 4 heteroatoms. The number of esters is 1. The Morgan fingerprint density at radius 1 is 1.22 bits per heavy atom. The fraction of sp³-hybridized carbons (Fsp3) is 0.929. The predicted octanol–water partition coefficient (Wildman–Crippen LogP) is 2.37. The maximum atomic E-state index is 11.8. The van der Waals surface area contributed by atoms with Crippen molar-refractivity contribution < 1.29 is 14.3 Å². The van der Waals surface area contributed by atoms with Crippen molar-refractivity contribution in [1.29, 1.82) is 0 Å². The first-order chi connectivity index (χ1) is 8.25. The lowest BCUT2D eigenvalue weighted by atomic mass is 9.93. The van der Waals surface area contributed by atoms with Gasteiger partial charge in [0.05, 0.1) is 13.7 Å². The van der Waals surface area contributed by atoms with Crippen LogP contribution in [0.25, 0.3) is 0 Å². The first-order valence-corrected chi connectivity index (χ1v) is 6.66. The van der Waals surface area contributed by atoms with E-state index < -0.39 is 5.54 Å². The van der Waals surface area contributed by atoms with Gasteiger partial charge >= 0.3 is 5.97 Å². The van der Waals surface area contributed by atoms with Gasteiger partial charge in [-0.3, -0.25) is 0 Å². The van der Waals surface area contributed by atoms with Crippen LogP contribution in [0.2, 0.25) is 0 Å². The van der Waals surface area contributed by atoms with Crippen LogP contribution in [-0.4, -0.2) is 38.4 Å². The highest BCUT2D eigenvalue weighted by atomic mass is 16.5. The monoisotopic (exact) mass is 259 g/mol. The fourth-order valence-corrected chi connectivity index (χ4v) is 1.46. The molecule has 0 rings (SSSR count). The molecule has 0 aromatic carbocycles. The number of nitrogens with one attached hydrogen (secondary N) is 1. The van der Waals surface area contributed by atoms with Gasteiger partial charge in [0.15, 0.2) is 0 Å². The Labute approximate surface area is 111 Å². The normalized spacial score (nSPS) is 15.2. The zero-order valence-corrected chi connectivity index (χ0v) is 12.8. The second-order valence-corrected chi connectivity index (χ2v) is 6.11. The minimum atomic E-state index is -0.747. The van der Waals surface area contributed by atoms with Gasteiger partial charge in [-0.05, 0) is 31.7 Å². The second kappa shape index (κ2) is 7.74. The van der Waals surface area contributed by atoms with Crippen molar-refractivity contribution in [2.45, 2.75) is 53.0 Å². The minimum absolute atomic E-state index is 0.249. The first kappa shape index (κ1) is 17.4. The maximum absolute atomic E-state index is 11.8. The van der Waals surface area contributed by atoms with Gasteiger partial charge in [-0.25, -0.2) is 4.79 Å². The van der Waals surface area contributed by atoms with E-state index in [-0.39, 0.29) is 11.4 Å². The number of carbonyl (C=O) groups is 1. The molecule has 0 spiro atoms. The summed E-state index contributed by atoms with van der Waals surface area (Å²) in [5.74, 6) is -0.272. The highest BCUT2D eigenvalue weighted by Crippen LogP contribution is 2.18. The van der Waals surface area contributed by atoms with E-state index in [0.717, 1.165) is 19.4 Å². The maximum Gasteiger partial charge on any atom is 0.328 e. The van der Waals surface area contributed by atoms with Crippen LogP contribution < -0.4 is 5.32 Å². The first-order valence-electron chi connectivity index (χ1n) is 6.66. The standard InChI is InChI=1S/C14H29NO3/c1-7-9-15-14(5,12(16)17-6)11-18-10-8-13(2,3)4/h15H,7-11H2,1-6H3. The van der Waals surface area contributed by atoms with E-state index in [1.54, 1.807) is 0 Å². The topological polar surface area (TPSA) is 47.6 Å². The Balaban J connectivity index is 4.21. The van der Waals surface area contributed by atoms with Crippen LogP contribution in [0.15, 0.2) is 0 Å². The fourth-order valence-electron chi connectivity index (χ4n) is 1.46. The van der Waals surface area contributed by atoms with Crippen molar-refractivity contribution in [2.75, 3.05) is 26.9 Å². The molecule has 0 aliphatic rings. The van der Waals surface area contributed by atoms with E-state index in [1.807, 2.05) is 6.92 Å². The lowest BCUT2D eigenvalue weighted by molar-refractivity contribution is -0.150. The van der Waals surface area contributed by atoms with Crippen LogP contribution in [0.3, 0.4) is 0 Å². The van der Waals surface area contributed by atoms with Crippen LogP contribution >= 0.6 is 0 Å². The third-order valence-electron chi connectivity index (χ3n) is 2.79. The van der Waals surface area contributed by atoms with Gasteiger partial charge in [0.2, 0.25) is 0 Å². The Bertz CT molecular complexity index is 248. The summed E-state index contributed by atoms with van der Waals surface area (Å²) in [5, 5.41) is 3.19. The van der Waals surface area contributed by atoms with Crippen molar-refractivity contribution in [1.82, 2.24) is 5.32 Å². The van der Waals surface area contributed by atoms with Gasteiger partial charge in [0, 0.05) is 6.61 Å². The molecule has 1 unspecified atom stereocenters. The van der Waals surface area contributed by atoms with E-state index >= 15 is 0 Å². The predicted molar refractivity (Wildman–Crippen MR) is 73.6 cm³/mol. The number of rotatable bonds is 8. The number of hydrogen-bond donors (Lipinski definition) is 1. The summed E-state index contributed by atoms with van der Waals surface area (Å²) in [6.07, 6.45) is 1.94. The average Bonchev–Trinajstić information content (AvgIpc) is 2.30. The molecule has 0 aliphatic heterocycles. The molecule has 0 heterocycles. The zero-order valence-electron chi connectivity index (χ0n) is 12.8. The molecule has 0 saturated carbocycles. The van der Waals surface area contributed by atoms with E-state index in [0.29, 0.717) is 13.2 Å². The summed E-state index contributed by atoms with van der Waals surface area (Å²) in [6.45, 7) is 12.2. The quantitative estimate of drug-likeness (QED) is 0.537. The summed E-state index contributed by atoms with van der Waals surface area (Å²) in [5.41, 5.74) is -0.499. The molecule has 0 saturated heterocycles. The molecule has 4 nitrogen and oxygen atoms in total. The number of ether oxygens (including phenoxy) is 2. The molecular formula is C14H29NO3. The van der Waals surface area contributed by atoms with E-state index in [4.69, 9.17) is 9.47 Å². The van der Waals surface area contributed by atoms with Crippen molar-refractivity contribution in [3.8, 4) is 0 Å². The lowest BCUT2D eigenvalue weighted by Gasteiger charge is -2.28. The number of carbonyl (C=O) groups excluding carboxylic acids is 1. The SMILES string of the molecule is CCCNC(C)(COCCC(C)(C)C)C(=O)OC. The largest absolute Gasteiger partial charge is 0.468 e. The van der Waals surface area contributed by atoms with Crippen molar-refractivity contribution in [3.05, 3.63) is 0 Å². The summed E-state index contributed by atoms with van der Waals surface area (Å²) in [7, 11) is 1.41. The van der Waals surface area contributed by atoms with Crippen LogP contribution in [0.4, 0.5) is 0 Å². The van der Waals surface area contributed by atoms with Gasteiger partial charge in [0.25, 0.3) is 0 Å². The molecule has 0 aliphatic carbocycles. The molecule has 18 heavy (non-hydrogen) atoms. The summed E-state index contributed by atoms with van der Waals surface area (Å²) in [6, 6.07) is 0. The lowest BCUT2D eigenvalue weighted by Crippen LogP contribution is -2.54. The molecular weight excluding hydrogens is 230 g/mol. The van der Waals surface area contributed by atoms with Crippen LogP contribution in [-0.2, 0) is 14.3 Å².